The van der Waals surface area contributed by atoms with Crippen molar-refractivity contribution in [2.24, 2.45) is 0 Å². The molecule has 174 valence electrons. The summed E-state index contributed by atoms with van der Waals surface area (Å²) in [5.41, 5.74) is 1.91. The highest BCUT2D eigenvalue weighted by atomic mass is 32.2. The number of rotatable bonds is 9. The van der Waals surface area contributed by atoms with Crippen molar-refractivity contribution in [2.45, 2.75) is 24.8 Å². The summed E-state index contributed by atoms with van der Waals surface area (Å²) in [4.78, 5) is 14.6. The summed E-state index contributed by atoms with van der Waals surface area (Å²) in [6.45, 7) is 5.01. The van der Waals surface area contributed by atoms with Crippen LogP contribution in [0.1, 0.15) is 17.5 Å². The van der Waals surface area contributed by atoms with Gasteiger partial charge in [-0.15, -0.1) is 0 Å². The Morgan fingerprint density at radius 3 is 2.44 bits per heavy atom. The van der Waals surface area contributed by atoms with Crippen molar-refractivity contribution in [1.29, 1.82) is 0 Å². The number of piperazine rings is 1. The van der Waals surface area contributed by atoms with E-state index in [-0.39, 0.29) is 30.3 Å². The summed E-state index contributed by atoms with van der Waals surface area (Å²) < 4.78 is 39.0. The zero-order valence-corrected chi connectivity index (χ0v) is 19.7. The first-order valence-electron chi connectivity index (χ1n) is 10.6. The van der Waals surface area contributed by atoms with E-state index in [0.717, 1.165) is 24.2 Å². The molecule has 2 aromatic carbocycles. The third-order valence-electron chi connectivity index (χ3n) is 5.48. The summed E-state index contributed by atoms with van der Waals surface area (Å²) in [6.07, 6.45) is 0.123. The van der Waals surface area contributed by atoms with Crippen LogP contribution in [0.3, 0.4) is 0 Å². The first kappa shape index (κ1) is 24.0. The topological polar surface area (TPSA) is 88.2 Å². The number of hydrogen-bond donors (Lipinski definition) is 1. The maximum absolute atomic E-state index is 13.6. The predicted octanol–water partition coefficient (Wildman–Crippen LogP) is 2.03. The molecular formula is C23H31N3O5S. The second kappa shape index (κ2) is 10.8. The molecule has 1 fully saturated rings. The van der Waals surface area contributed by atoms with E-state index < -0.39 is 10.0 Å². The van der Waals surface area contributed by atoms with Gasteiger partial charge in [0.1, 0.15) is 0 Å². The molecule has 1 amide bonds. The first-order chi connectivity index (χ1) is 15.3. The minimum Gasteiger partial charge on any atom is -0.493 e. The van der Waals surface area contributed by atoms with Gasteiger partial charge in [-0.1, -0.05) is 29.8 Å². The first-order valence-corrected chi connectivity index (χ1v) is 12.1. The molecule has 0 radical (unpaired) electrons. The van der Waals surface area contributed by atoms with E-state index in [1.54, 1.807) is 11.0 Å². The molecular weight excluding hydrogens is 430 g/mol. The number of aryl methyl sites for hydroxylation is 1. The third-order valence-corrected chi connectivity index (χ3v) is 7.32. The average Bonchev–Trinajstić information content (AvgIpc) is 2.81. The summed E-state index contributed by atoms with van der Waals surface area (Å²) in [7, 11) is -0.920. The van der Waals surface area contributed by atoms with Crippen LogP contribution < -0.4 is 14.8 Å². The third kappa shape index (κ3) is 5.79. The van der Waals surface area contributed by atoms with E-state index in [2.05, 4.69) is 5.32 Å². The van der Waals surface area contributed by atoms with Crippen LogP contribution in [0.4, 0.5) is 0 Å². The van der Waals surface area contributed by atoms with Crippen LogP contribution in [-0.4, -0.2) is 70.5 Å². The Hall–Kier alpha value is -2.62. The van der Waals surface area contributed by atoms with Gasteiger partial charge in [-0.25, -0.2) is 8.42 Å². The SMILES string of the molecule is COc1ccc(S(=O)(=O)N(CCC(=O)N2CCNCC2)Cc2cccc(C)c2)cc1OC. The number of methoxy groups -OCH3 is 2. The Morgan fingerprint density at radius 1 is 1.06 bits per heavy atom. The van der Waals surface area contributed by atoms with Crippen LogP contribution in [0, 0.1) is 6.92 Å². The van der Waals surface area contributed by atoms with Crippen LogP contribution in [0.15, 0.2) is 47.4 Å². The fourth-order valence-corrected chi connectivity index (χ4v) is 5.16. The molecule has 0 unspecified atom stereocenters. The van der Waals surface area contributed by atoms with Gasteiger partial charge in [-0.3, -0.25) is 4.79 Å². The largest absolute Gasteiger partial charge is 0.493 e. The van der Waals surface area contributed by atoms with E-state index in [9.17, 15) is 13.2 Å². The number of hydrogen-bond acceptors (Lipinski definition) is 6. The van der Waals surface area contributed by atoms with E-state index in [4.69, 9.17) is 9.47 Å². The van der Waals surface area contributed by atoms with Crippen LogP contribution >= 0.6 is 0 Å². The van der Waals surface area contributed by atoms with Crippen molar-refractivity contribution in [1.82, 2.24) is 14.5 Å². The molecule has 0 aliphatic carbocycles. The van der Waals surface area contributed by atoms with E-state index in [1.165, 1.54) is 30.7 Å². The maximum atomic E-state index is 13.6. The van der Waals surface area contributed by atoms with Crippen LogP contribution in [0.5, 0.6) is 11.5 Å². The fraction of sp³-hybridized carbons (Fsp3) is 0.435. The molecule has 1 aliphatic rings. The molecule has 1 aliphatic heterocycles. The number of nitrogens with one attached hydrogen (secondary N) is 1. The van der Waals surface area contributed by atoms with Crippen LogP contribution in [0.2, 0.25) is 0 Å². The quantitative estimate of drug-likeness (QED) is 0.615. The molecule has 0 spiro atoms. The lowest BCUT2D eigenvalue weighted by atomic mass is 10.1. The molecule has 1 N–H and O–H groups in total. The number of benzene rings is 2. The molecule has 32 heavy (non-hydrogen) atoms. The number of amides is 1. The Kier molecular flexibility index (Phi) is 8.11. The minimum absolute atomic E-state index is 0.0387. The van der Waals surface area contributed by atoms with E-state index >= 15 is 0 Å². The molecule has 0 aromatic heterocycles. The summed E-state index contributed by atoms with van der Waals surface area (Å²) in [5, 5.41) is 3.22. The van der Waals surface area contributed by atoms with Crippen molar-refractivity contribution >= 4 is 15.9 Å². The number of sulfonamides is 1. The zero-order valence-electron chi connectivity index (χ0n) is 18.8. The van der Waals surface area contributed by atoms with Crippen LogP contribution in [-0.2, 0) is 21.4 Å². The van der Waals surface area contributed by atoms with Gasteiger partial charge in [0.2, 0.25) is 15.9 Å². The number of nitrogens with zero attached hydrogens (tertiary/aromatic N) is 2. The number of carbonyl (C=O) groups is 1. The van der Waals surface area contributed by atoms with E-state index in [1.807, 2.05) is 31.2 Å². The highest BCUT2D eigenvalue weighted by Crippen LogP contribution is 2.31. The van der Waals surface area contributed by atoms with Crippen molar-refractivity contribution in [3.8, 4) is 11.5 Å². The van der Waals surface area contributed by atoms with Gasteiger partial charge in [-0.2, -0.15) is 4.31 Å². The lowest BCUT2D eigenvalue weighted by Crippen LogP contribution is -2.47. The Morgan fingerprint density at radius 2 is 1.78 bits per heavy atom. The van der Waals surface area contributed by atoms with E-state index in [0.29, 0.717) is 24.6 Å². The van der Waals surface area contributed by atoms with Crippen molar-refractivity contribution in [2.75, 3.05) is 46.9 Å². The number of carbonyl (C=O) groups excluding carboxylic acids is 1. The normalized spacial score (nSPS) is 14.4. The molecule has 0 atom stereocenters. The standard InChI is InChI=1S/C23H31N3O5S/c1-18-5-4-6-19(15-18)17-26(12-9-23(27)25-13-10-24-11-14-25)32(28,29)20-7-8-21(30-2)22(16-20)31-3/h4-8,15-16,24H,9-14,17H2,1-3H3. The lowest BCUT2D eigenvalue weighted by Gasteiger charge is -2.29. The fourth-order valence-electron chi connectivity index (χ4n) is 3.72. The maximum Gasteiger partial charge on any atom is 0.243 e. The van der Waals surface area contributed by atoms with Gasteiger partial charge < -0.3 is 19.7 Å². The van der Waals surface area contributed by atoms with Gasteiger partial charge in [-0.05, 0) is 24.6 Å². The minimum atomic E-state index is -3.88. The van der Waals surface area contributed by atoms with Gasteiger partial charge >= 0.3 is 0 Å². The zero-order chi connectivity index (χ0) is 23.1. The van der Waals surface area contributed by atoms with Gasteiger partial charge in [0.25, 0.3) is 0 Å². The average molecular weight is 462 g/mol. The summed E-state index contributed by atoms with van der Waals surface area (Å²) in [5.74, 6) is 0.745. The van der Waals surface area contributed by atoms with Crippen molar-refractivity contribution in [3.63, 3.8) is 0 Å². The molecule has 0 saturated carbocycles. The Bertz CT molecular complexity index is 1040. The van der Waals surface area contributed by atoms with Gasteiger partial charge in [0.15, 0.2) is 11.5 Å². The summed E-state index contributed by atoms with van der Waals surface area (Å²) >= 11 is 0. The predicted molar refractivity (Wildman–Crippen MR) is 122 cm³/mol. The smallest absolute Gasteiger partial charge is 0.243 e. The Balaban J connectivity index is 1.87. The van der Waals surface area contributed by atoms with Gasteiger partial charge in [0.05, 0.1) is 19.1 Å². The molecule has 9 heteroatoms. The number of ether oxygens (including phenoxy) is 2. The van der Waals surface area contributed by atoms with Crippen LogP contribution in [0.25, 0.3) is 0 Å². The van der Waals surface area contributed by atoms with Crippen molar-refractivity contribution in [3.05, 3.63) is 53.6 Å². The molecule has 2 aromatic rings. The molecule has 3 rings (SSSR count). The second-order valence-corrected chi connectivity index (χ2v) is 9.66. The molecule has 0 bridgehead atoms. The highest BCUT2D eigenvalue weighted by Gasteiger charge is 2.27. The lowest BCUT2D eigenvalue weighted by molar-refractivity contribution is -0.131. The molecule has 8 nitrogen and oxygen atoms in total. The van der Waals surface area contributed by atoms with Crippen molar-refractivity contribution < 1.29 is 22.7 Å². The highest BCUT2D eigenvalue weighted by molar-refractivity contribution is 7.89. The summed E-state index contributed by atoms with van der Waals surface area (Å²) in [6, 6.07) is 12.2. The molecule has 1 heterocycles. The molecule has 1 saturated heterocycles. The van der Waals surface area contributed by atoms with Gasteiger partial charge in [0, 0.05) is 51.8 Å². The monoisotopic (exact) mass is 461 g/mol. The Labute approximate surface area is 190 Å². The second-order valence-electron chi connectivity index (χ2n) is 7.73.